The van der Waals surface area contributed by atoms with Crippen LogP contribution >= 0.6 is 11.6 Å². The van der Waals surface area contributed by atoms with Crippen LogP contribution in [0.25, 0.3) is 5.82 Å². The van der Waals surface area contributed by atoms with Gasteiger partial charge in [0, 0.05) is 10.6 Å². The SMILES string of the molecule is CCCc1c(C(=O)N/N=C/c2cc(Cl)ccc2O)nnn1-c1nonc1N. The van der Waals surface area contributed by atoms with Crippen molar-refractivity contribution in [3.05, 3.63) is 40.2 Å². The molecule has 1 amide bonds. The number of rotatable bonds is 6. The molecule has 2 aromatic heterocycles. The minimum atomic E-state index is -0.586. The summed E-state index contributed by atoms with van der Waals surface area (Å²) >= 11 is 5.86. The van der Waals surface area contributed by atoms with Crippen molar-refractivity contribution >= 4 is 29.5 Å². The Morgan fingerprint density at radius 2 is 2.30 bits per heavy atom. The quantitative estimate of drug-likeness (QED) is 0.419. The molecule has 3 aromatic rings. The lowest BCUT2D eigenvalue weighted by Crippen LogP contribution is -2.20. The van der Waals surface area contributed by atoms with Gasteiger partial charge in [-0.05, 0) is 34.9 Å². The summed E-state index contributed by atoms with van der Waals surface area (Å²) < 4.78 is 5.87. The molecular weight excluding hydrogens is 376 g/mol. The van der Waals surface area contributed by atoms with Crippen LogP contribution in [-0.2, 0) is 6.42 Å². The fourth-order valence-corrected chi connectivity index (χ4v) is 2.47. The third-order valence-electron chi connectivity index (χ3n) is 3.52. The molecule has 12 heteroatoms. The van der Waals surface area contributed by atoms with Crippen LogP contribution in [0.5, 0.6) is 5.75 Å². The van der Waals surface area contributed by atoms with E-state index in [0.717, 1.165) is 6.42 Å². The molecule has 0 spiro atoms. The number of amides is 1. The normalized spacial score (nSPS) is 11.2. The van der Waals surface area contributed by atoms with Gasteiger partial charge in [0.05, 0.1) is 11.9 Å². The molecule has 0 radical (unpaired) electrons. The van der Waals surface area contributed by atoms with Crippen LogP contribution in [0.1, 0.15) is 35.1 Å². The van der Waals surface area contributed by atoms with E-state index in [1.54, 1.807) is 0 Å². The van der Waals surface area contributed by atoms with Gasteiger partial charge in [-0.25, -0.2) is 10.1 Å². The topological polar surface area (TPSA) is 157 Å². The number of nitrogens with zero attached hydrogens (tertiary/aromatic N) is 6. The number of nitrogens with one attached hydrogen (secondary N) is 1. The molecule has 0 fully saturated rings. The van der Waals surface area contributed by atoms with Crippen molar-refractivity contribution in [2.45, 2.75) is 19.8 Å². The zero-order chi connectivity index (χ0) is 19.4. The Morgan fingerprint density at radius 3 is 3.00 bits per heavy atom. The van der Waals surface area contributed by atoms with E-state index in [0.29, 0.717) is 22.7 Å². The maximum atomic E-state index is 12.4. The lowest BCUT2D eigenvalue weighted by molar-refractivity contribution is 0.0949. The molecule has 0 aliphatic heterocycles. The summed E-state index contributed by atoms with van der Waals surface area (Å²) in [6.45, 7) is 1.93. The number of phenols is 1. The van der Waals surface area contributed by atoms with E-state index in [2.05, 4.69) is 35.8 Å². The minimum absolute atomic E-state index is 0.0241. The predicted molar refractivity (Wildman–Crippen MR) is 95.8 cm³/mol. The van der Waals surface area contributed by atoms with Crippen LogP contribution in [0.3, 0.4) is 0 Å². The highest BCUT2D eigenvalue weighted by molar-refractivity contribution is 6.30. The van der Waals surface area contributed by atoms with Gasteiger partial charge in [0.15, 0.2) is 5.69 Å². The summed E-state index contributed by atoms with van der Waals surface area (Å²) in [6.07, 6.45) is 2.47. The summed E-state index contributed by atoms with van der Waals surface area (Å²) in [5.41, 5.74) is 8.91. The zero-order valence-electron chi connectivity index (χ0n) is 14.1. The van der Waals surface area contributed by atoms with Crippen LogP contribution in [0, 0.1) is 0 Å². The van der Waals surface area contributed by atoms with Gasteiger partial charge in [-0.3, -0.25) is 4.79 Å². The summed E-state index contributed by atoms with van der Waals surface area (Å²) in [6, 6.07) is 4.46. The molecule has 4 N–H and O–H groups in total. The summed E-state index contributed by atoms with van der Waals surface area (Å²) in [5, 5.41) is 28.9. The predicted octanol–water partition coefficient (Wildman–Crippen LogP) is 1.31. The highest BCUT2D eigenvalue weighted by Crippen LogP contribution is 2.20. The summed E-state index contributed by atoms with van der Waals surface area (Å²) in [7, 11) is 0. The molecule has 2 heterocycles. The Labute approximate surface area is 157 Å². The molecule has 1 aromatic carbocycles. The Kier molecular flexibility index (Phi) is 5.31. The Hall–Kier alpha value is -3.47. The van der Waals surface area contributed by atoms with Gasteiger partial charge in [-0.1, -0.05) is 30.2 Å². The van der Waals surface area contributed by atoms with E-state index in [9.17, 15) is 9.90 Å². The number of halogens is 1. The third kappa shape index (κ3) is 3.87. The van der Waals surface area contributed by atoms with Gasteiger partial charge >= 0.3 is 0 Å². The number of carbonyl (C=O) groups is 1. The number of hydrazone groups is 1. The summed E-state index contributed by atoms with van der Waals surface area (Å²) in [5.74, 6) is -0.433. The van der Waals surface area contributed by atoms with Gasteiger partial charge in [0.25, 0.3) is 5.91 Å². The Balaban J connectivity index is 1.82. The first-order chi connectivity index (χ1) is 13.0. The first-order valence-electron chi connectivity index (χ1n) is 7.86. The molecule has 0 bridgehead atoms. The second-order valence-corrected chi connectivity index (χ2v) is 5.86. The number of benzene rings is 1. The van der Waals surface area contributed by atoms with Gasteiger partial charge in [-0.15, -0.1) is 5.10 Å². The Bertz CT molecular complexity index is 997. The molecule has 140 valence electrons. The number of nitrogens with two attached hydrogens (primary N) is 1. The zero-order valence-corrected chi connectivity index (χ0v) is 14.9. The number of phenolic OH excluding ortho intramolecular Hbond substituents is 1. The molecule has 11 nitrogen and oxygen atoms in total. The van der Waals surface area contributed by atoms with Crippen molar-refractivity contribution < 1.29 is 14.5 Å². The van der Waals surface area contributed by atoms with Crippen molar-refractivity contribution in [1.82, 2.24) is 30.7 Å². The van der Waals surface area contributed by atoms with Crippen LogP contribution < -0.4 is 11.2 Å². The number of hydrogen-bond acceptors (Lipinski definition) is 9. The maximum Gasteiger partial charge on any atom is 0.293 e. The number of carbonyl (C=O) groups excluding carboxylic acids is 1. The first kappa shape index (κ1) is 18.3. The van der Waals surface area contributed by atoms with Crippen LogP contribution in [-0.4, -0.2) is 42.5 Å². The smallest absolute Gasteiger partial charge is 0.293 e. The molecule has 0 aliphatic rings. The van der Waals surface area contributed by atoms with E-state index in [1.165, 1.54) is 29.1 Å². The molecule has 0 atom stereocenters. The van der Waals surface area contributed by atoms with Crippen molar-refractivity contribution in [2.24, 2.45) is 5.10 Å². The van der Waals surface area contributed by atoms with E-state index in [1.807, 2.05) is 6.92 Å². The molecular formula is C15H15ClN8O3. The van der Waals surface area contributed by atoms with E-state index >= 15 is 0 Å². The van der Waals surface area contributed by atoms with Crippen molar-refractivity contribution in [3.8, 4) is 11.6 Å². The maximum absolute atomic E-state index is 12.4. The lowest BCUT2D eigenvalue weighted by atomic mass is 10.2. The number of hydrogen-bond donors (Lipinski definition) is 3. The van der Waals surface area contributed by atoms with E-state index in [-0.39, 0.29) is 23.1 Å². The van der Waals surface area contributed by atoms with Crippen LogP contribution in [0.15, 0.2) is 27.9 Å². The summed E-state index contributed by atoms with van der Waals surface area (Å²) in [4.78, 5) is 12.4. The monoisotopic (exact) mass is 390 g/mol. The number of aromatic hydroxyl groups is 1. The second kappa shape index (κ2) is 7.83. The van der Waals surface area contributed by atoms with Gasteiger partial charge < -0.3 is 10.8 Å². The minimum Gasteiger partial charge on any atom is -0.507 e. The van der Waals surface area contributed by atoms with E-state index in [4.69, 9.17) is 17.3 Å². The fraction of sp³-hybridized carbons (Fsp3) is 0.200. The standard InChI is InChI=1S/C15H15ClN8O3/c1-2-3-10-12(19-23-24(10)14-13(17)21-27-22-14)15(26)20-18-7-8-6-9(16)4-5-11(8)25/h4-7,25H,2-3H2,1H3,(H2,17,21)(H,20,26)/b18-7+. The average molecular weight is 391 g/mol. The molecule has 3 rings (SSSR count). The van der Waals surface area contributed by atoms with E-state index < -0.39 is 5.91 Å². The molecule has 0 saturated heterocycles. The average Bonchev–Trinajstić information content (AvgIpc) is 3.24. The lowest BCUT2D eigenvalue weighted by Gasteiger charge is -2.03. The van der Waals surface area contributed by atoms with Gasteiger partial charge in [0.1, 0.15) is 5.75 Å². The third-order valence-corrected chi connectivity index (χ3v) is 3.76. The van der Waals surface area contributed by atoms with Crippen molar-refractivity contribution in [2.75, 3.05) is 5.73 Å². The molecule has 0 aliphatic carbocycles. The number of aromatic nitrogens is 5. The van der Waals surface area contributed by atoms with Crippen LogP contribution in [0.4, 0.5) is 5.82 Å². The Morgan fingerprint density at radius 1 is 1.48 bits per heavy atom. The molecule has 27 heavy (non-hydrogen) atoms. The fourth-order valence-electron chi connectivity index (χ4n) is 2.29. The van der Waals surface area contributed by atoms with Crippen LogP contribution in [0.2, 0.25) is 5.02 Å². The largest absolute Gasteiger partial charge is 0.507 e. The molecule has 0 saturated carbocycles. The van der Waals surface area contributed by atoms with Crippen molar-refractivity contribution in [3.63, 3.8) is 0 Å². The number of anilines is 1. The van der Waals surface area contributed by atoms with Crippen molar-refractivity contribution in [1.29, 1.82) is 0 Å². The first-order valence-corrected chi connectivity index (χ1v) is 8.24. The number of nitrogen functional groups attached to an aromatic ring is 1. The van der Waals surface area contributed by atoms with Gasteiger partial charge in [0.2, 0.25) is 11.6 Å². The van der Waals surface area contributed by atoms with Gasteiger partial charge in [-0.2, -0.15) is 9.78 Å². The highest BCUT2D eigenvalue weighted by Gasteiger charge is 2.23. The highest BCUT2D eigenvalue weighted by atomic mass is 35.5. The molecule has 0 unspecified atom stereocenters. The second-order valence-electron chi connectivity index (χ2n) is 5.42.